The predicted molar refractivity (Wildman–Crippen MR) is 55.0 cm³/mol. The third-order valence-corrected chi connectivity index (χ3v) is 2.12. The molecule has 1 heterocycles. The van der Waals surface area contributed by atoms with Crippen LogP contribution in [0.25, 0.3) is 0 Å². The van der Waals surface area contributed by atoms with Crippen molar-refractivity contribution in [1.82, 2.24) is 14.5 Å². The Morgan fingerprint density at radius 2 is 2.43 bits per heavy atom. The number of imidazole rings is 1. The van der Waals surface area contributed by atoms with E-state index in [0.717, 1.165) is 6.54 Å². The molecule has 5 nitrogen and oxygen atoms in total. The van der Waals surface area contributed by atoms with Gasteiger partial charge in [0.05, 0.1) is 6.54 Å². The van der Waals surface area contributed by atoms with E-state index < -0.39 is 0 Å². The highest BCUT2D eigenvalue weighted by Gasteiger charge is 2.06. The van der Waals surface area contributed by atoms with Gasteiger partial charge in [0.1, 0.15) is 0 Å². The lowest BCUT2D eigenvalue weighted by atomic mass is 10.5. The zero-order chi connectivity index (χ0) is 10.6. The molecular weight excluding hydrogens is 180 g/mol. The molecule has 0 bridgehead atoms. The van der Waals surface area contributed by atoms with Gasteiger partial charge in [-0.25, -0.2) is 4.98 Å². The van der Waals surface area contributed by atoms with E-state index in [0.29, 0.717) is 5.95 Å². The van der Waals surface area contributed by atoms with Gasteiger partial charge in [0.25, 0.3) is 0 Å². The van der Waals surface area contributed by atoms with E-state index in [2.05, 4.69) is 10.3 Å². The van der Waals surface area contributed by atoms with Crippen LogP contribution in [0, 0.1) is 0 Å². The molecule has 1 amide bonds. The summed E-state index contributed by atoms with van der Waals surface area (Å²) in [6, 6.07) is 0. The van der Waals surface area contributed by atoms with Crippen molar-refractivity contribution in [3.63, 3.8) is 0 Å². The molecule has 0 aliphatic rings. The Morgan fingerprint density at radius 3 is 2.93 bits per heavy atom. The summed E-state index contributed by atoms with van der Waals surface area (Å²) >= 11 is 0. The molecule has 14 heavy (non-hydrogen) atoms. The molecular formula is C9H16N4O. The highest BCUT2D eigenvalue weighted by molar-refractivity contribution is 5.80. The third kappa shape index (κ3) is 2.48. The van der Waals surface area contributed by atoms with Gasteiger partial charge in [0, 0.05) is 33.0 Å². The Bertz CT molecular complexity index is 308. The number of aryl methyl sites for hydroxylation is 1. The van der Waals surface area contributed by atoms with Crippen LogP contribution in [0.15, 0.2) is 12.4 Å². The number of amides is 1. The van der Waals surface area contributed by atoms with Crippen LogP contribution in [-0.4, -0.2) is 40.5 Å². The standard InChI is InChI=1S/C9H16N4O/c1-4-12(2)8(14)7-11-9-10-5-6-13(9)3/h5-6H,4,7H2,1-3H3,(H,10,11). The number of nitrogens with one attached hydrogen (secondary N) is 1. The summed E-state index contributed by atoms with van der Waals surface area (Å²) in [4.78, 5) is 17.1. The van der Waals surface area contributed by atoms with E-state index >= 15 is 0 Å². The lowest BCUT2D eigenvalue weighted by Gasteiger charge is -2.14. The van der Waals surface area contributed by atoms with Crippen LogP contribution < -0.4 is 5.32 Å². The highest BCUT2D eigenvalue weighted by atomic mass is 16.2. The molecule has 1 N–H and O–H groups in total. The predicted octanol–water partition coefficient (Wildman–Crippen LogP) is 0.310. The average Bonchev–Trinajstić information content (AvgIpc) is 2.59. The average molecular weight is 196 g/mol. The fraction of sp³-hybridized carbons (Fsp3) is 0.556. The normalized spacial score (nSPS) is 9.93. The zero-order valence-electron chi connectivity index (χ0n) is 8.82. The van der Waals surface area contributed by atoms with Gasteiger partial charge in [-0.3, -0.25) is 4.79 Å². The zero-order valence-corrected chi connectivity index (χ0v) is 8.82. The molecule has 5 heteroatoms. The van der Waals surface area contributed by atoms with Crippen LogP contribution in [-0.2, 0) is 11.8 Å². The van der Waals surface area contributed by atoms with Gasteiger partial charge < -0.3 is 14.8 Å². The summed E-state index contributed by atoms with van der Waals surface area (Å²) in [6.45, 7) is 2.95. The summed E-state index contributed by atoms with van der Waals surface area (Å²) in [6.07, 6.45) is 3.52. The second kappa shape index (κ2) is 4.64. The molecule has 78 valence electrons. The van der Waals surface area contributed by atoms with Crippen molar-refractivity contribution < 1.29 is 4.79 Å². The van der Waals surface area contributed by atoms with Crippen molar-refractivity contribution in [3.8, 4) is 0 Å². The van der Waals surface area contributed by atoms with Crippen molar-refractivity contribution in [2.45, 2.75) is 6.92 Å². The van der Waals surface area contributed by atoms with Gasteiger partial charge in [-0.15, -0.1) is 0 Å². The van der Waals surface area contributed by atoms with Crippen molar-refractivity contribution in [2.24, 2.45) is 7.05 Å². The highest BCUT2D eigenvalue weighted by Crippen LogP contribution is 1.99. The van der Waals surface area contributed by atoms with Crippen LogP contribution in [0.3, 0.4) is 0 Å². The fourth-order valence-electron chi connectivity index (χ4n) is 1.00. The van der Waals surface area contributed by atoms with E-state index in [1.807, 2.05) is 24.7 Å². The topological polar surface area (TPSA) is 50.2 Å². The first-order valence-corrected chi connectivity index (χ1v) is 4.60. The Labute approximate surface area is 83.7 Å². The summed E-state index contributed by atoms with van der Waals surface area (Å²) in [5, 5.41) is 2.97. The molecule has 0 aromatic carbocycles. The molecule has 0 aliphatic heterocycles. The van der Waals surface area contributed by atoms with Crippen molar-refractivity contribution >= 4 is 11.9 Å². The lowest BCUT2D eigenvalue weighted by molar-refractivity contribution is -0.127. The summed E-state index contributed by atoms with van der Waals surface area (Å²) in [5.74, 6) is 0.776. The minimum Gasteiger partial charge on any atom is -0.347 e. The van der Waals surface area contributed by atoms with E-state index in [-0.39, 0.29) is 12.5 Å². The van der Waals surface area contributed by atoms with Crippen LogP contribution >= 0.6 is 0 Å². The van der Waals surface area contributed by atoms with Gasteiger partial charge in [0.15, 0.2) is 0 Å². The molecule has 1 aromatic rings. The van der Waals surface area contributed by atoms with Gasteiger partial charge in [-0.2, -0.15) is 0 Å². The first-order valence-electron chi connectivity index (χ1n) is 4.60. The van der Waals surface area contributed by atoms with E-state index in [1.165, 1.54) is 0 Å². The SMILES string of the molecule is CCN(C)C(=O)CNc1nccn1C. The Hall–Kier alpha value is -1.52. The summed E-state index contributed by atoms with van der Waals surface area (Å²) in [5.41, 5.74) is 0. The number of hydrogen-bond donors (Lipinski definition) is 1. The van der Waals surface area contributed by atoms with Crippen LogP contribution in [0.5, 0.6) is 0 Å². The maximum Gasteiger partial charge on any atom is 0.241 e. The number of hydrogen-bond acceptors (Lipinski definition) is 3. The maximum absolute atomic E-state index is 11.4. The number of likely N-dealkylation sites (N-methyl/N-ethyl adjacent to an activating group) is 1. The molecule has 0 fully saturated rings. The van der Waals surface area contributed by atoms with Gasteiger partial charge in [-0.05, 0) is 6.92 Å². The molecule has 0 saturated heterocycles. The molecule has 0 aliphatic carbocycles. The minimum atomic E-state index is 0.0653. The second-order valence-corrected chi connectivity index (χ2v) is 3.12. The number of carbonyl (C=O) groups is 1. The lowest BCUT2D eigenvalue weighted by Crippen LogP contribution is -2.32. The molecule has 0 radical (unpaired) electrons. The Kier molecular flexibility index (Phi) is 3.50. The number of nitrogens with zero attached hydrogens (tertiary/aromatic N) is 3. The molecule has 1 aromatic heterocycles. The fourth-order valence-corrected chi connectivity index (χ4v) is 1.00. The van der Waals surface area contributed by atoms with E-state index in [1.54, 1.807) is 18.1 Å². The van der Waals surface area contributed by atoms with E-state index in [4.69, 9.17) is 0 Å². The first-order chi connectivity index (χ1) is 6.65. The number of aromatic nitrogens is 2. The van der Waals surface area contributed by atoms with Crippen molar-refractivity contribution in [2.75, 3.05) is 25.5 Å². The van der Waals surface area contributed by atoms with Crippen LogP contribution in [0.2, 0.25) is 0 Å². The number of carbonyl (C=O) groups excluding carboxylic acids is 1. The number of rotatable bonds is 4. The quantitative estimate of drug-likeness (QED) is 0.754. The van der Waals surface area contributed by atoms with Gasteiger partial charge in [-0.1, -0.05) is 0 Å². The largest absolute Gasteiger partial charge is 0.347 e. The molecule has 0 spiro atoms. The van der Waals surface area contributed by atoms with Crippen LogP contribution in [0.4, 0.5) is 5.95 Å². The number of anilines is 1. The molecule has 0 atom stereocenters. The minimum absolute atomic E-state index is 0.0653. The van der Waals surface area contributed by atoms with Crippen molar-refractivity contribution in [1.29, 1.82) is 0 Å². The molecule has 1 rings (SSSR count). The summed E-state index contributed by atoms with van der Waals surface area (Å²) < 4.78 is 1.83. The Balaban J connectivity index is 2.41. The van der Waals surface area contributed by atoms with Crippen LogP contribution in [0.1, 0.15) is 6.92 Å². The van der Waals surface area contributed by atoms with Gasteiger partial charge >= 0.3 is 0 Å². The maximum atomic E-state index is 11.4. The van der Waals surface area contributed by atoms with Crippen molar-refractivity contribution in [3.05, 3.63) is 12.4 Å². The summed E-state index contributed by atoms with van der Waals surface area (Å²) in [7, 11) is 3.66. The Morgan fingerprint density at radius 1 is 1.71 bits per heavy atom. The molecule has 0 saturated carbocycles. The monoisotopic (exact) mass is 196 g/mol. The molecule has 0 unspecified atom stereocenters. The smallest absolute Gasteiger partial charge is 0.241 e. The van der Waals surface area contributed by atoms with Gasteiger partial charge in [0.2, 0.25) is 11.9 Å². The first kappa shape index (κ1) is 10.6. The second-order valence-electron chi connectivity index (χ2n) is 3.12. The van der Waals surface area contributed by atoms with E-state index in [9.17, 15) is 4.79 Å². The third-order valence-electron chi connectivity index (χ3n) is 2.12.